The summed E-state index contributed by atoms with van der Waals surface area (Å²) in [6.07, 6.45) is 9.73. The Balaban J connectivity index is 1.25. The number of aromatic nitrogens is 4. The molecule has 2 aliphatic rings. The Morgan fingerprint density at radius 3 is 2.85 bits per heavy atom. The number of fused-ring (bicyclic) bond motifs is 1. The van der Waals surface area contributed by atoms with E-state index in [1.165, 1.54) is 30.9 Å². The fourth-order valence-electron chi connectivity index (χ4n) is 5.36. The van der Waals surface area contributed by atoms with Crippen LogP contribution >= 0.6 is 0 Å². The molecule has 1 saturated heterocycles. The van der Waals surface area contributed by atoms with Gasteiger partial charge in [-0.25, -0.2) is 9.48 Å². The van der Waals surface area contributed by atoms with E-state index in [2.05, 4.69) is 37.6 Å². The maximum absolute atomic E-state index is 13.3. The molecule has 1 aromatic carbocycles. The van der Waals surface area contributed by atoms with Gasteiger partial charge in [0, 0.05) is 36.2 Å². The first kappa shape index (κ1) is 21.6. The standard InChI is InChI=1S/C24H30N6O3/c1-33-24(32)21-15-30(28-27-21)18-12-22(29(14-18)17-6-2-3-7-17)23(31)25-11-10-16-13-26-20-9-5-4-8-19(16)20/h4-5,8-9,13,15,17-18,22,26H,2-3,6-7,10-12,14H2,1H3,(H,25,31)/t18-,22+/m1/s1. The SMILES string of the molecule is COC(=O)c1cn([C@@H]2C[C@@H](C(=O)NCCc3c[nH]c4ccccc34)N(C3CCCC3)C2)nn1. The molecule has 2 N–H and O–H groups in total. The summed E-state index contributed by atoms with van der Waals surface area (Å²) in [5.74, 6) is -0.434. The number of hydrogen-bond donors (Lipinski definition) is 2. The molecule has 3 heterocycles. The van der Waals surface area contributed by atoms with E-state index in [-0.39, 0.29) is 23.7 Å². The lowest BCUT2D eigenvalue weighted by atomic mass is 10.1. The molecule has 0 spiro atoms. The Kier molecular flexibility index (Phi) is 6.13. The molecule has 2 aromatic heterocycles. The van der Waals surface area contributed by atoms with Crippen molar-refractivity contribution < 1.29 is 14.3 Å². The summed E-state index contributed by atoms with van der Waals surface area (Å²) in [4.78, 5) is 30.7. The number of amides is 1. The topological polar surface area (TPSA) is 105 Å². The highest BCUT2D eigenvalue weighted by Gasteiger charge is 2.42. The zero-order valence-electron chi connectivity index (χ0n) is 18.9. The van der Waals surface area contributed by atoms with Gasteiger partial charge in [0.2, 0.25) is 5.91 Å². The van der Waals surface area contributed by atoms with Crippen LogP contribution in [-0.2, 0) is 16.0 Å². The van der Waals surface area contributed by atoms with E-state index in [0.29, 0.717) is 19.0 Å². The Bertz CT molecular complexity index is 1130. The van der Waals surface area contributed by atoms with Crippen molar-refractivity contribution in [2.75, 3.05) is 20.2 Å². The minimum atomic E-state index is -0.501. The number of para-hydroxylation sites is 1. The maximum Gasteiger partial charge on any atom is 0.360 e. The van der Waals surface area contributed by atoms with Gasteiger partial charge < -0.3 is 15.0 Å². The molecule has 33 heavy (non-hydrogen) atoms. The molecular weight excluding hydrogens is 420 g/mol. The van der Waals surface area contributed by atoms with Crippen LogP contribution < -0.4 is 5.32 Å². The Hall–Kier alpha value is -3.20. The minimum Gasteiger partial charge on any atom is -0.464 e. The van der Waals surface area contributed by atoms with Crippen LogP contribution in [0.2, 0.25) is 0 Å². The summed E-state index contributed by atoms with van der Waals surface area (Å²) in [7, 11) is 1.33. The lowest BCUT2D eigenvalue weighted by Crippen LogP contribution is -2.47. The second-order valence-electron chi connectivity index (χ2n) is 9.02. The lowest BCUT2D eigenvalue weighted by Gasteiger charge is -2.29. The number of likely N-dealkylation sites (tertiary alicyclic amines) is 1. The summed E-state index contributed by atoms with van der Waals surface area (Å²) in [5, 5.41) is 12.5. The van der Waals surface area contributed by atoms with Crippen molar-refractivity contribution in [1.29, 1.82) is 0 Å². The van der Waals surface area contributed by atoms with Crippen LogP contribution in [0.1, 0.15) is 54.2 Å². The number of carbonyl (C=O) groups is 2. The summed E-state index contributed by atoms with van der Waals surface area (Å²) in [5.41, 5.74) is 2.52. The first-order valence-electron chi connectivity index (χ1n) is 11.7. The monoisotopic (exact) mass is 450 g/mol. The highest BCUT2D eigenvalue weighted by atomic mass is 16.5. The van der Waals surface area contributed by atoms with E-state index in [9.17, 15) is 9.59 Å². The Labute approximate surface area is 192 Å². The van der Waals surface area contributed by atoms with Crippen molar-refractivity contribution in [2.24, 2.45) is 0 Å². The van der Waals surface area contributed by atoms with Crippen molar-refractivity contribution >= 4 is 22.8 Å². The van der Waals surface area contributed by atoms with Crippen molar-refractivity contribution in [3.8, 4) is 0 Å². The molecule has 2 atom stereocenters. The predicted octanol–water partition coefficient (Wildman–Crippen LogP) is 2.46. The third-order valence-corrected chi connectivity index (χ3v) is 7.06. The molecule has 3 aromatic rings. The number of esters is 1. The third-order valence-electron chi connectivity index (χ3n) is 7.06. The fraction of sp³-hybridized carbons (Fsp3) is 0.500. The van der Waals surface area contributed by atoms with Crippen LogP contribution in [0.25, 0.3) is 10.9 Å². The smallest absolute Gasteiger partial charge is 0.360 e. The van der Waals surface area contributed by atoms with E-state index in [4.69, 9.17) is 4.74 Å². The van der Waals surface area contributed by atoms with Crippen LogP contribution in [0.3, 0.4) is 0 Å². The number of H-pyrrole nitrogens is 1. The highest BCUT2D eigenvalue weighted by molar-refractivity contribution is 5.86. The second-order valence-corrected chi connectivity index (χ2v) is 9.02. The molecule has 1 aliphatic heterocycles. The third kappa shape index (κ3) is 4.37. The first-order valence-corrected chi connectivity index (χ1v) is 11.7. The summed E-state index contributed by atoms with van der Waals surface area (Å²) < 4.78 is 6.46. The average Bonchev–Trinajstić information content (AvgIpc) is 3.63. The average molecular weight is 451 g/mol. The van der Waals surface area contributed by atoms with Gasteiger partial charge in [-0.3, -0.25) is 9.69 Å². The molecule has 2 fully saturated rings. The van der Waals surface area contributed by atoms with Crippen LogP contribution in [-0.4, -0.2) is 69.0 Å². The molecule has 1 amide bonds. The molecule has 9 heteroatoms. The number of hydrogen-bond acceptors (Lipinski definition) is 6. The van der Waals surface area contributed by atoms with E-state index >= 15 is 0 Å². The van der Waals surface area contributed by atoms with Gasteiger partial charge in [-0.2, -0.15) is 0 Å². The second kappa shape index (κ2) is 9.35. The normalized spacial score (nSPS) is 21.6. The fourth-order valence-corrected chi connectivity index (χ4v) is 5.36. The summed E-state index contributed by atoms with van der Waals surface area (Å²) >= 11 is 0. The van der Waals surface area contributed by atoms with Gasteiger partial charge in [0.05, 0.1) is 25.4 Å². The molecule has 1 saturated carbocycles. The summed E-state index contributed by atoms with van der Waals surface area (Å²) in [6.45, 7) is 1.32. The number of rotatable bonds is 7. The number of methoxy groups -OCH3 is 1. The highest BCUT2D eigenvalue weighted by Crippen LogP contribution is 2.34. The Morgan fingerprint density at radius 1 is 1.21 bits per heavy atom. The number of nitrogens with zero attached hydrogens (tertiary/aromatic N) is 4. The molecule has 9 nitrogen and oxygen atoms in total. The molecular formula is C24H30N6O3. The maximum atomic E-state index is 13.3. The van der Waals surface area contributed by atoms with Crippen LogP contribution in [0, 0.1) is 0 Å². The molecule has 174 valence electrons. The largest absolute Gasteiger partial charge is 0.464 e. The molecule has 0 radical (unpaired) electrons. The van der Waals surface area contributed by atoms with Gasteiger partial charge in [-0.15, -0.1) is 5.10 Å². The quantitative estimate of drug-likeness (QED) is 0.536. The van der Waals surface area contributed by atoms with E-state index < -0.39 is 5.97 Å². The van der Waals surface area contributed by atoms with Gasteiger partial charge in [0.25, 0.3) is 0 Å². The van der Waals surface area contributed by atoms with Crippen molar-refractivity contribution in [1.82, 2.24) is 30.2 Å². The van der Waals surface area contributed by atoms with Gasteiger partial charge in [0.1, 0.15) is 0 Å². The zero-order valence-corrected chi connectivity index (χ0v) is 18.9. The summed E-state index contributed by atoms with van der Waals surface area (Å²) in [6, 6.07) is 8.43. The first-order chi connectivity index (χ1) is 16.1. The van der Waals surface area contributed by atoms with E-state index in [1.54, 1.807) is 10.9 Å². The van der Waals surface area contributed by atoms with Crippen LogP contribution in [0.15, 0.2) is 36.7 Å². The molecule has 5 rings (SSSR count). The molecule has 0 bridgehead atoms. The molecule has 1 aliphatic carbocycles. The minimum absolute atomic E-state index is 0.000809. The van der Waals surface area contributed by atoms with Crippen LogP contribution in [0.4, 0.5) is 0 Å². The predicted molar refractivity (Wildman–Crippen MR) is 123 cm³/mol. The van der Waals surface area contributed by atoms with Gasteiger partial charge >= 0.3 is 5.97 Å². The van der Waals surface area contributed by atoms with Crippen molar-refractivity contribution in [3.63, 3.8) is 0 Å². The number of ether oxygens (including phenoxy) is 1. The Morgan fingerprint density at radius 2 is 2.03 bits per heavy atom. The van der Waals surface area contributed by atoms with Crippen molar-refractivity contribution in [3.05, 3.63) is 47.9 Å². The van der Waals surface area contributed by atoms with Gasteiger partial charge in [0.15, 0.2) is 5.69 Å². The van der Waals surface area contributed by atoms with Gasteiger partial charge in [-0.05, 0) is 37.3 Å². The van der Waals surface area contributed by atoms with E-state index in [0.717, 1.165) is 31.3 Å². The van der Waals surface area contributed by atoms with Crippen LogP contribution in [0.5, 0.6) is 0 Å². The lowest BCUT2D eigenvalue weighted by molar-refractivity contribution is -0.126. The number of nitrogens with one attached hydrogen (secondary N) is 2. The van der Waals surface area contributed by atoms with Gasteiger partial charge in [-0.1, -0.05) is 36.3 Å². The number of carbonyl (C=O) groups excluding carboxylic acids is 2. The molecule has 0 unspecified atom stereocenters. The van der Waals surface area contributed by atoms with Crippen molar-refractivity contribution in [2.45, 2.75) is 56.7 Å². The zero-order chi connectivity index (χ0) is 22.8. The number of benzene rings is 1. The number of aromatic amines is 1. The van der Waals surface area contributed by atoms with E-state index in [1.807, 2.05) is 18.3 Å².